The van der Waals surface area contributed by atoms with Gasteiger partial charge in [0.25, 0.3) is 11.5 Å². The fraction of sp³-hybridized carbons (Fsp3) is 0.318. The first-order chi connectivity index (χ1) is 15.1. The fourth-order valence-electron chi connectivity index (χ4n) is 2.44. The summed E-state index contributed by atoms with van der Waals surface area (Å²) in [7, 11) is 0. The van der Waals surface area contributed by atoms with E-state index in [1.807, 2.05) is 6.07 Å². The van der Waals surface area contributed by atoms with Gasteiger partial charge in [-0.2, -0.15) is 5.26 Å². The lowest BCUT2D eigenvalue weighted by atomic mass is 9.96. The third kappa shape index (κ3) is 5.84. The summed E-state index contributed by atoms with van der Waals surface area (Å²) in [4.78, 5) is 41.5. The molecule has 2 heterocycles. The Bertz CT molecular complexity index is 1290. The van der Waals surface area contributed by atoms with Gasteiger partial charge >= 0.3 is 0 Å². The molecule has 166 valence electrons. The maximum Gasteiger partial charge on any atom is 0.270 e. The largest absolute Gasteiger partial charge is 0.345 e. The van der Waals surface area contributed by atoms with E-state index in [1.54, 1.807) is 45.9 Å². The first-order valence-corrected chi connectivity index (χ1v) is 10.5. The van der Waals surface area contributed by atoms with E-state index < -0.39 is 11.3 Å². The van der Waals surface area contributed by atoms with Crippen LogP contribution in [0.4, 0.5) is 11.6 Å². The minimum Gasteiger partial charge on any atom is -0.345 e. The normalized spacial score (nSPS) is 12.4. The number of aromatic nitrogens is 2. The number of carbonyl (C=O) groups excluding carboxylic acids is 2. The van der Waals surface area contributed by atoms with Crippen molar-refractivity contribution in [2.75, 3.05) is 17.2 Å². The van der Waals surface area contributed by atoms with Gasteiger partial charge in [0.2, 0.25) is 5.91 Å². The van der Waals surface area contributed by atoms with Crippen molar-refractivity contribution < 1.29 is 9.59 Å². The number of amides is 2. The summed E-state index contributed by atoms with van der Waals surface area (Å²) >= 11 is 1.01. The molecule has 0 aliphatic heterocycles. The number of anilines is 2. The Labute approximate surface area is 189 Å². The van der Waals surface area contributed by atoms with Crippen molar-refractivity contribution in [1.82, 2.24) is 14.9 Å². The van der Waals surface area contributed by atoms with Gasteiger partial charge in [-0.1, -0.05) is 32.8 Å². The summed E-state index contributed by atoms with van der Waals surface area (Å²) in [5.41, 5.74) is -1.11. The summed E-state index contributed by atoms with van der Waals surface area (Å²) in [6, 6.07) is 6.90. The molecule has 0 saturated heterocycles. The summed E-state index contributed by atoms with van der Waals surface area (Å²) < 4.78 is 1.87. The zero-order chi connectivity index (χ0) is 23.9. The third-order valence-corrected chi connectivity index (χ3v) is 5.28. The Hall–Kier alpha value is -3.89. The van der Waals surface area contributed by atoms with Crippen LogP contribution in [-0.2, 0) is 16.1 Å². The summed E-state index contributed by atoms with van der Waals surface area (Å²) in [5, 5.41) is 17.6. The Morgan fingerprint density at radius 3 is 2.59 bits per heavy atom. The molecule has 0 aliphatic rings. The van der Waals surface area contributed by atoms with Crippen LogP contribution in [0.3, 0.4) is 0 Å². The van der Waals surface area contributed by atoms with Crippen molar-refractivity contribution in [3.8, 4) is 18.4 Å². The molecular weight excluding hydrogens is 428 g/mol. The summed E-state index contributed by atoms with van der Waals surface area (Å²) in [6.07, 6.45) is 6.60. The molecule has 2 aromatic rings. The van der Waals surface area contributed by atoms with Gasteiger partial charge in [0.1, 0.15) is 26.9 Å². The highest BCUT2D eigenvalue weighted by Crippen LogP contribution is 2.17. The molecule has 32 heavy (non-hydrogen) atoms. The molecule has 0 saturated carbocycles. The predicted molar refractivity (Wildman–Crippen MR) is 125 cm³/mol. The van der Waals surface area contributed by atoms with Gasteiger partial charge < -0.3 is 16.0 Å². The standard InChI is InChI=1S/C22H24N6O3S/c1-6-11-24-18(29)14(12-23)20-28(7-2)19(30)15(32-20)13-25-16-9-8-10-17(26-16)27-21(31)22(3,4)5/h1,8-10,13H,7,11H2,2-5H3,(H,24,29)(H2,25,26,27,31). The lowest BCUT2D eigenvalue weighted by Crippen LogP contribution is -2.34. The topological polar surface area (TPSA) is 129 Å². The second-order valence-corrected chi connectivity index (χ2v) is 8.63. The van der Waals surface area contributed by atoms with Crippen molar-refractivity contribution in [1.29, 1.82) is 5.26 Å². The van der Waals surface area contributed by atoms with E-state index in [9.17, 15) is 19.6 Å². The van der Waals surface area contributed by atoms with Crippen LogP contribution in [0.15, 0.2) is 23.0 Å². The van der Waals surface area contributed by atoms with Crippen molar-refractivity contribution in [3.63, 3.8) is 0 Å². The molecule has 0 unspecified atom stereocenters. The number of pyridine rings is 1. The summed E-state index contributed by atoms with van der Waals surface area (Å²) in [6.45, 7) is 7.38. The maximum absolute atomic E-state index is 12.8. The number of thiazole rings is 1. The lowest BCUT2D eigenvalue weighted by Gasteiger charge is -2.17. The van der Waals surface area contributed by atoms with E-state index in [2.05, 4.69) is 26.9 Å². The van der Waals surface area contributed by atoms with Crippen LogP contribution < -0.4 is 30.7 Å². The Morgan fingerprint density at radius 2 is 2.00 bits per heavy atom. The minimum atomic E-state index is -0.641. The molecule has 10 heteroatoms. The van der Waals surface area contributed by atoms with Crippen molar-refractivity contribution in [2.24, 2.45) is 5.41 Å². The zero-order valence-electron chi connectivity index (χ0n) is 18.3. The highest BCUT2D eigenvalue weighted by Gasteiger charge is 2.21. The second-order valence-electron chi connectivity index (χ2n) is 7.60. The average Bonchev–Trinajstić information content (AvgIpc) is 3.05. The Kier molecular flexibility index (Phi) is 7.94. The molecular formula is C22H24N6O3S. The maximum atomic E-state index is 12.8. The van der Waals surface area contributed by atoms with Gasteiger partial charge in [-0.05, 0) is 19.1 Å². The number of hydrogen-bond donors (Lipinski definition) is 3. The molecule has 0 atom stereocenters. The third-order valence-electron chi connectivity index (χ3n) is 4.15. The van der Waals surface area contributed by atoms with Gasteiger partial charge in [-0.15, -0.1) is 17.8 Å². The highest BCUT2D eigenvalue weighted by molar-refractivity contribution is 7.07. The van der Waals surface area contributed by atoms with Gasteiger partial charge in [0.05, 0.1) is 6.54 Å². The fourth-order valence-corrected chi connectivity index (χ4v) is 3.52. The van der Waals surface area contributed by atoms with E-state index in [-0.39, 0.29) is 39.3 Å². The predicted octanol–water partition coefficient (Wildman–Crippen LogP) is 0.583. The molecule has 0 spiro atoms. The average molecular weight is 453 g/mol. The number of nitrogens with zero attached hydrogens (tertiary/aromatic N) is 3. The molecule has 0 radical (unpaired) electrons. The van der Waals surface area contributed by atoms with Crippen molar-refractivity contribution in [2.45, 2.75) is 34.2 Å². The van der Waals surface area contributed by atoms with Gasteiger partial charge in [-0.3, -0.25) is 19.0 Å². The molecule has 2 rings (SSSR count). The zero-order valence-corrected chi connectivity index (χ0v) is 19.1. The first-order valence-electron chi connectivity index (χ1n) is 9.73. The molecule has 3 N–H and O–H groups in total. The van der Waals surface area contributed by atoms with Crippen LogP contribution in [0.2, 0.25) is 0 Å². The molecule has 0 aliphatic carbocycles. The van der Waals surface area contributed by atoms with E-state index in [0.29, 0.717) is 11.6 Å². The van der Waals surface area contributed by atoms with Crippen LogP contribution in [0.5, 0.6) is 0 Å². The molecule has 0 bridgehead atoms. The Morgan fingerprint density at radius 1 is 1.31 bits per heavy atom. The van der Waals surface area contributed by atoms with Crippen LogP contribution in [0.1, 0.15) is 27.7 Å². The quantitative estimate of drug-likeness (QED) is 0.550. The number of terminal acetylenes is 1. The Balaban J connectivity index is 2.42. The lowest BCUT2D eigenvalue weighted by molar-refractivity contribution is -0.123. The molecule has 2 amide bonds. The number of hydrogen-bond acceptors (Lipinski definition) is 7. The van der Waals surface area contributed by atoms with Crippen LogP contribution >= 0.6 is 11.3 Å². The molecule has 0 aromatic carbocycles. The number of rotatable bonds is 6. The first kappa shape index (κ1) is 24.4. The number of nitriles is 1. The van der Waals surface area contributed by atoms with E-state index in [4.69, 9.17) is 6.42 Å². The monoisotopic (exact) mass is 452 g/mol. The van der Waals surface area contributed by atoms with E-state index >= 15 is 0 Å². The van der Waals surface area contributed by atoms with Gasteiger partial charge in [0.15, 0.2) is 5.57 Å². The highest BCUT2D eigenvalue weighted by atomic mass is 32.1. The van der Waals surface area contributed by atoms with Crippen LogP contribution in [-0.4, -0.2) is 27.9 Å². The molecule has 0 fully saturated rings. The van der Waals surface area contributed by atoms with Crippen molar-refractivity contribution >= 4 is 46.6 Å². The van der Waals surface area contributed by atoms with Gasteiger partial charge in [-0.25, -0.2) is 4.98 Å². The summed E-state index contributed by atoms with van der Waals surface area (Å²) in [5.74, 6) is 2.22. The second kappa shape index (κ2) is 10.4. The molecule has 2 aromatic heterocycles. The van der Waals surface area contributed by atoms with Crippen LogP contribution in [0, 0.1) is 29.1 Å². The number of carbonyl (C=O) groups is 2. The van der Waals surface area contributed by atoms with E-state index in [0.717, 1.165) is 11.3 Å². The minimum absolute atomic E-state index is 0.0277. The SMILES string of the molecule is C#CCNC(=O)C(C#N)=c1sc(=CNc2cccc(NC(=O)C(C)(C)C)n2)c(=O)n1CC. The van der Waals surface area contributed by atoms with Crippen molar-refractivity contribution in [3.05, 3.63) is 37.7 Å². The van der Waals surface area contributed by atoms with Gasteiger partial charge in [0, 0.05) is 18.2 Å². The smallest absolute Gasteiger partial charge is 0.270 e. The molecule has 9 nitrogen and oxygen atoms in total. The number of nitrogens with one attached hydrogen (secondary N) is 3. The van der Waals surface area contributed by atoms with E-state index in [1.165, 1.54) is 10.8 Å². The van der Waals surface area contributed by atoms with Crippen LogP contribution in [0.25, 0.3) is 11.8 Å².